The number of carbonyl (C=O) groups excluding carboxylic acids is 1. The fourth-order valence-electron chi connectivity index (χ4n) is 3.71. The number of phenolic OH excluding ortho intramolecular Hbond substituents is 1. The summed E-state index contributed by atoms with van der Waals surface area (Å²) in [6, 6.07) is 9.97. The van der Waals surface area contributed by atoms with Gasteiger partial charge in [-0.3, -0.25) is 9.36 Å². The van der Waals surface area contributed by atoms with Gasteiger partial charge in [-0.05, 0) is 87.2 Å². The zero-order valence-electron chi connectivity index (χ0n) is 18.5. The van der Waals surface area contributed by atoms with E-state index in [1.807, 2.05) is 12.1 Å². The first-order valence-electron chi connectivity index (χ1n) is 10.3. The molecule has 1 aromatic heterocycles. The predicted molar refractivity (Wildman–Crippen MR) is 137 cm³/mol. The van der Waals surface area contributed by atoms with E-state index in [2.05, 4.69) is 36.9 Å². The molecule has 0 amide bonds. The van der Waals surface area contributed by atoms with E-state index in [0.29, 0.717) is 40.9 Å². The van der Waals surface area contributed by atoms with Gasteiger partial charge in [0.15, 0.2) is 4.80 Å². The number of halogens is 2. The van der Waals surface area contributed by atoms with Gasteiger partial charge in [-0.2, -0.15) is 0 Å². The van der Waals surface area contributed by atoms with Crippen LogP contribution in [0.2, 0.25) is 0 Å². The normalized spacial score (nSPS) is 15.7. The number of carbonyl (C=O) groups is 1. The monoisotopic (exact) mass is 606 g/mol. The molecule has 1 atom stereocenters. The van der Waals surface area contributed by atoms with Gasteiger partial charge in [-0.1, -0.05) is 23.5 Å². The lowest BCUT2D eigenvalue weighted by Crippen LogP contribution is -2.39. The van der Waals surface area contributed by atoms with Gasteiger partial charge < -0.3 is 14.6 Å². The second-order valence-electron chi connectivity index (χ2n) is 7.41. The average Bonchev–Trinajstić information content (AvgIpc) is 3.11. The van der Waals surface area contributed by atoms with Crippen molar-refractivity contribution < 1.29 is 19.4 Å². The third-order valence-corrected chi connectivity index (χ3v) is 7.48. The molecule has 10 heteroatoms. The Labute approximate surface area is 215 Å². The zero-order valence-corrected chi connectivity index (χ0v) is 22.5. The standard InChI is InChI=1S/C24H20Br2N2O5S/c1-4-33-23(31)19-12(2)27-24-28(20(19)14-5-7-15(32-3)8-6-14)22(30)18(34-24)11-13-9-16(25)21(29)17(26)10-13/h5-11,20,29H,4H2,1-3H3. The number of hydrogen-bond donors (Lipinski definition) is 1. The SMILES string of the molecule is CCOC(=O)C1=C(C)N=c2sc(=Cc3cc(Br)c(O)c(Br)c3)c(=O)n2C1c1ccc(OC)cc1. The quantitative estimate of drug-likeness (QED) is 0.442. The van der Waals surface area contributed by atoms with E-state index in [1.54, 1.807) is 51.3 Å². The Kier molecular flexibility index (Phi) is 7.11. The number of hydrogen-bond acceptors (Lipinski definition) is 7. The highest BCUT2D eigenvalue weighted by Gasteiger charge is 2.33. The van der Waals surface area contributed by atoms with Crippen LogP contribution in [0.5, 0.6) is 11.5 Å². The fraction of sp³-hybridized carbons (Fsp3) is 0.208. The fourth-order valence-corrected chi connectivity index (χ4v) is 5.98. The predicted octanol–water partition coefficient (Wildman–Crippen LogP) is 4.04. The van der Waals surface area contributed by atoms with Gasteiger partial charge in [-0.25, -0.2) is 9.79 Å². The van der Waals surface area contributed by atoms with Crippen molar-refractivity contribution in [3.05, 3.63) is 87.4 Å². The van der Waals surface area contributed by atoms with Crippen LogP contribution in [0, 0.1) is 0 Å². The van der Waals surface area contributed by atoms with E-state index < -0.39 is 12.0 Å². The van der Waals surface area contributed by atoms with Crippen molar-refractivity contribution in [1.82, 2.24) is 4.57 Å². The molecule has 34 heavy (non-hydrogen) atoms. The largest absolute Gasteiger partial charge is 0.506 e. The van der Waals surface area contributed by atoms with Crippen molar-refractivity contribution in [2.45, 2.75) is 19.9 Å². The number of rotatable bonds is 5. The smallest absolute Gasteiger partial charge is 0.338 e. The Morgan fingerprint density at radius 3 is 2.47 bits per heavy atom. The number of allylic oxidation sites excluding steroid dienone is 1. The van der Waals surface area contributed by atoms with E-state index in [-0.39, 0.29) is 17.9 Å². The molecule has 4 rings (SSSR count). The third-order valence-electron chi connectivity index (χ3n) is 5.29. The van der Waals surface area contributed by atoms with E-state index >= 15 is 0 Å². The van der Waals surface area contributed by atoms with Crippen molar-refractivity contribution in [1.29, 1.82) is 0 Å². The van der Waals surface area contributed by atoms with Crippen LogP contribution in [0.3, 0.4) is 0 Å². The van der Waals surface area contributed by atoms with Crippen LogP contribution in [0.4, 0.5) is 0 Å². The lowest BCUT2D eigenvalue weighted by Gasteiger charge is -2.24. The number of ether oxygens (including phenoxy) is 2. The van der Waals surface area contributed by atoms with Crippen molar-refractivity contribution in [2.24, 2.45) is 4.99 Å². The van der Waals surface area contributed by atoms with Crippen LogP contribution in [-0.2, 0) is 9.53 Å². The topological polar surface area (TPSA) is 90.1 Å². The molecule has 0 fully saturated rings. The Hall–Kier alpha value is -2.69. The summed E-state index contributed by atoms with van der Waals surface area (Å²) >= 11 is 7.87. The van der Waals surface area contributed by atoms with E-state index in [0.717, 1.165) is 5.56 Å². The van der Waals surface area contributed by atoms with Crippen LogP contribution < -0.4 is 19.6 Å². The molecule has 2 heterocycles. The van der Waals surface area contributed by atoms with Crippen molar-refractivity contribution in [2.75, 3.05) is 13.7 Å². The zero-order chi connectivity index (χ0) is 24.6. The summed E-state index contributed by atoms with van der Waals surface area (Å²) < 4.78 is 13.5. The molecule has 0 radical (unpaired) electrons. The van der Waals surface area contributed by atoms with Gasteiger partial charge in [0.2, 0.25) is 0 Å². The molecule has 1 N–H and O–H groups in total. The summed E-state index contributed by atoms with van der Waals surface area (Å²) in [5.74, 6) is 0.232. The molecule has 1 aliphatic heterocycles. The molecule has 1 aliphatic rings. The molecule has 176 valence electrons. The highest BCUT2D eigenvalue weighted by Crippen LogP contribution is 2.34. The molecule has 0 saturated carbocycles. The minimum Gasteiger partial charge on any atom is -0.506 e. The number of esters is 1. The van der Waals surface area contributed by atoms with Crippen LogP contribution in [0.15, 0.2) is 66.4 Å². The lowest BCUT2D eigenvalue weighted by molar-refractivity contribution is -0.139. The summed E-state index contributed by atoms with van der Waals surface area (Å²) in [7, 11) is 1.58. The molecule has 3 aromatic rings. The maximum absolute atomic E-state index is 13.6. The van der Waals surface area contributed by atoms with E-state index in [1.165, 1.54) is 15.9 Å². The molecule has 1 unspecified atom stereocenters. The molecule has 0 spiro atoms. The second kappa shape index (κ2) is 9.89. The van der Waals surface area contributed by atoms with Gasteiger partial charge in [0, 0.05) is 0 Å². The molecule has 2 aromatic carbocycles. The van der Waals surface area contributed by atoms with Gasteiger partial charge in [0.25, 0.3) is 5.56 Å². The summed E-state index contributed by atoms with van der Waals surface area (Å²) in [6.45, 7) is 3.69. The summed E-state index contributed by atoms with van der Waals surface area (Å²) in [4.78, 5) is 31.6. The van der Waals surface area contributed by atoms with Crippen molar-refractivity contribution in [3.8, 4) is 11.5 Å². The number of aromatic hydroxyl groups is 1. The van der Waals surface area contributed by atoms with Crippen molar-refractivity contribution >= 4 is 55.2 Å². The third kappa shape index (κ3) is 4.49. The molecular weight excluding hydrogens is 588 g/mol. The highest BCUT2D eigenvalue weighted by atomic mass is 79.9. The summed E-state index contributed by atoms with van der Waals surface area (Å²) in [5, 5.41) is 9.99. The number of benzene rings is 2. The van der Waals surface area contributed by atoms with Crippen LogP contribution in [0.1, 0.15) is 31.0 Å². The van der Waals surface area contributed by atoms with Crippen molar-refractivity contribution in [3.63, 3.8) is 0 Å². The Morgan fingerprint density at radius 2 is 1.88 bits per heavy atom. The number of fused-ring (bicyclic) bond motifs is 1. The van der Waals surface area contributed by atoms with Gasteiger partial charge in [-0.15, -0.1) is 0 Å². The Bertz CT molecular complexity index is 1470. The maximum atomic E-state index is 13.6. The first-order chi connectivity index (χ1) is 16.2. The minimum atomic E-state index is -0.693. The second-order valence-corrected chi connectivity index (χ2v) is 10.1. The van der Waals surface area contributed by atoms with E-state index in [4.69, 9.17) is 9.47 Å². The molecule has 0 saturated heterocycles. The number of nitrogens with zero attached hydrogens (tertiary/aromatic N) is 2. The minimum absolute atomic E-state index is 0.0767. The molecule has 0 aliphatic carbocycles. The molecular formula is C24H20Br2N2O5S. The van der Waals surface area contributed by atoms with Gasteiger partial charge >= 0.3 is 5.97 Å². The maximum Gasteiger partial charge on any atom is 0.338 e. The molecule has 0 bridgehead atoms. The first kappa shape index (κ1) is 24.4. The average molecular weight is 608 g/mol. The Morgan fingerprint density at radius 1 is 1.24 bits per heavy atom. The Balaban J connectivity index is 1.95. The summed E-state index contributed by atoms with van der Waals surface area (Å²) in [6.07, 6.45) is 1.73. The number of thiazole rings is 1. The summed E-state index contributed by atoms with van der Waals surface area (Å²) in [5.41, 5.74) is 1.99. The molecule has 7 nitrogen and oxygen atoms in total. The van der Waals surface area contributed by atoms with Gasteiger partial charge in [0.05, 0.1) is 44.5 Å². The van der Waals surface area contributed by atoms with Crippen LogP contribution >= 0.6 is 43.2 Å². The number of aromatic nitrogens is 1. The number of phenols is 1. The first-order valence-corrected chi connectivity index (χ1v) is 12.7. The lowest BCUT2D eigenvalue weighted by atomic mass is 9.96. The van der Waals surface area contributed by atoms with E-state index in [9.17, 15) is 14.7 Å². The van der Waals surface area contributed by atoms with Crippen LogP contribution in [-0.4, -0.2) is 29.4 Å². The highest BCUT2D eigenvalue weighted by molar-refractivity contribution is 9.11. The number of methoxy groups -OCH3 is 1. The van der Waals surface area contributed by atoms with Gasteiger partial charge in [0.1, 0.15) is 11.5 Å². The van der Waals surface area contributed by atoms with Crippen LogP contribution in [0.25, 0.3) is 6.08 Å².